The lowest BCUT2D eigenvalue weighted by Gasteiger charge is -2.44. The molecule has 0 amide bonds. The van der Waals surface area contributed by atoms with Crippen molar-refractivity contribution in [2.45, 2.75) is 56.8 Å². The molecule has 1 aromatic heterocycles. The van der Waals surface area contributed by atoms with Crippen molar-refractivity contribution in [3.05, 3.63) is 65.5 Å². The van der Waals surface area contributed by atoms with E-state index in [0.717, 1.165) is 30.5 Å². The number of aryl methyl sites for hydroxylation is 1. The number of piperidine rings is 1. The zero-order chi connectivity index (χ0) is 15.9. The summed E-state index contributed by atoms with van der Waals surface area (Å²) in [5, 5.41) is 11.3. The molecule has 2 atom stereocenters. The van der Waals surface area contributed by atoms with Crippen LogP contribution in [0.15, 0.2) is 48.8 Å². The van der Waals surface area contributed by atoms with Crippen LogP contribution in [0.1, 0.15) is 42.4 Å². The molecular weight excluding hydrogens is 284 g/mol. The Kier molecular flexibility index (Phi) is 3.70. The summed E-state index contributed by atoms with van der Waals surface area (Å²) in [6, 6.07) is 13.6. The van der Waals surface area contributed by atoms with Crippen LogP contribution in [0, 0.1) is 6.92 Å². The van der Waals surface area contributed by atoms with Crippen LogP contribution in [0.3, 0.4) is 0 Å². The Labute approximate surface area is 138 Å². The zero-order valence-electron chi connectivity index (χ0n) is 13.7. The first-order chi connectivity index (χ1) is 11.2. The summed E-state index contributed by atoms with van der Waals surface area (Å²) in [6.07, 6.45) is 7.70. The highest BCUT2D eigenvalue weighted by molar-refractivity contribution is 5.30. The highest BCUT2D eigenvalue weighted by Crippen LogP contribution is 2.46. The van der Waals surface area contributed by atoms with Crippen LogP contribution in [0.5, 0.6) is 0 Å². The highest BCUT2D eigenvalue weighted by atomic mass is 16.3. The van der Waals surface area contributed by atoms with Gasteiger partial charge in [0.2, 0.25) is 0 Å². The van der Waals surface area contributed by atoms with Gasteiger partial charge in [0.05, 0.1) is 5.60 Å². The third-order valence-corrected chi connectivity index (χ3v) is 5.67. The molecule has 0 aliphatic carbocycles. The lowest BCUT2D eigenvalue weighted by molar-refractivity contribution is -0.0600. The van der Waals surface area contributed by atoms with Gasteiger partial charge in [-0.3, -0.25) is 9.88 Å². The first-order valence-electron chi connectivity index (χ1n) is 8.59. The van der Waals surface area contributed by atoms with E-state index < -0.39 is 5.60 Å². The molecule has 2 bridgehead atoms. The second-order valence-electron chi connectivity index (χ2n) is 7.17. The van der Waals surface area contributed by atoms with Gasteiger partial charge in [-0.05, 0) is 49.8 Å². The van der Waals surface area contributed by atoms with E-state index in [4.69, 9.17) is 0 Å². The number of fused-ring (bicyclic) bond motifs is 2. The molecule has 0 saturated carbocycles. The van der Waals surface area contributed by atoms with Gasteiger partial charge in [-0.1, -0.05) is 30.3 Å². The van der Waals surface area contributed by atoms with Crippen LogP contribution in [-0.2, 0) is 12.1 Å². The molecule has 2 unspecified atom stereocenters. The van der Waals surface area contributed by atoms with Gasteiger partial charge in [0, 0.05) is 36.6 Å². The average molecular weight is 308 g/mol. The largest absolute Gasteiger partial charge is 0.385 e. The summed E-state index contributed by atoms with van der Waals surface area (Å²) in [6.45, 7) is 3.07. The van der Waals surface area contributed by atoms with Gasteiger partial charge < -0.3 is 5.11 Å². The van der Waals surface area contributed by atoms with Crippen molar-refractivity contribution in [3.63, 3.8) is 0 Å². The van der Waals surface area contributed by atoms with E-state index in [0.29, 0.717) is 12.1 Å². The van der Waals surface area contributed by atoms with E-state index in [9.17, 15) is 5.11 Å². The third-order valence-electron chi connectivity index (χ3n) is 5.67. The maximum atomic E-state index is 11.3. The quantitative estimate of drug-likeness (QED) is 0.944. The minimum Gasteiger partial charge on any atom is -0.385 e. The lowest BCUT2D eigenvalue weighted by Crippen LogP contribution is -2.49. The fourth-order valence-corrected chi connectivity index (χ4v) is 4.54. The average Bonchev–Trinajstić information content (AvgIpc) is 2.80. The molecule has 2 saturated heterocycles. The molecule has 3 nitrogen and oxygen atoms in total. The number of hydrogen-bond donors (Lipinski definition) is 1. The van der Waals surface area contributed by atoms with Crippen molar-refractivity contribution in [1.82, 2.24) is 9.88 Å². The number of rotatable bonds is 3. The van der Waals surface area contributed by atoms with E-state index >= 15 is 0 Å². The molecule has 23 heavy (non-hydrogen) atoms. The van der Waals surface area contributed by atoms with Crippen LogP contribution >= 0.6 is 0 Å². The van der Waals surface area contributed by atoms with Gasteiger partial charge in [-0.15, -0.1) is 0 Å². The lowest BCUT2D eigenvalue weighted by atomic mass is 9.79. The predicted molar refractivity (Wildman–Crippen MR) is 90.9 cm³/mol. The van der Waals surface area contributed by atoms with Crippen molar-refractivity contribution in [3.8, 4) is 0 Å². The molecule has 1 N–H and O–H groups in total. The molecule has 2 fully saturated rings. The Bertz CT molecular complexity index is 671. The molecule has 3 heterocycles. The highest BCUT2D eigenvalue weighted by Gasteiger charge is 2.48. The summed E-state index contributed by atoms with van der Waals surface area (Å²) in [5.41, 5.74) is 2.83. The zero-order valence-corrected chi connectivity index (χ0v) is 13.7. The fraction of sp³-hybridized carbons (Fsp3) is 0.450. The summed E-state index contributed by atoms with van der Waals surface area (Å²) in [4.78, 5) is 6.86. The fourth-order valence-electron chi connectivity index (χ4n) is 4.54. The number of benzene rings is 1. The van der Waals surface area contributed by atoms with Crippen LogP contribution in [-0.4, -0.2) is 27.1 Å². The maximum Gasteiger partial charge on any atom is 0.0943 e. The van der Waals surface area contributed by atoms with E-state index in [-0.39, 0.29) is 0 Å². The molecule has 3 heteroatoms. The van der Waals surface area contributed by atoms with Crippen LogP contribution in [0.2, 0.25) is 0 Å². The van der Waals surface area contributed by atoms with Crippen molar-refractivity contribution >= 4 is 0 Å². The van der Waals surface area contributed by atoms with E-state index in [1.165, 1.54) is 18.4 Å². The van der Waals surface area contributed by atoms with E-state index in [1.54, 1.807) is 6.20 Å². The summed E-state index contributed by atoms with van der Waals surface area (Å²) in [5.74, 6) is 0. The SMILES string of the molecule is Cc1ccncc1C1(O)CC2CCC(C1)N2Cc1ccccc1. The number of hydrogen-bond acceptors (Lipinski definition) is 3. The molecular formula is C20H24N2O. The van der Waals surface area contributed by atoms with Gasteiger partial charge in [-0.25, -0.2) is 0 Å². The maximum absolute atomic E-state index is 11.3. The summed E-state index contributed by atoms with van der Waals surface area (Å²) < 4.78 is 0. The number of pyridine rings is 1. The Morgan fingerprint density at radius 3 is 2.48 bits per heavy atom. The third kappa shape index (κ3) is 2.68. The normalized spacial score (nSPS) is 30.5. The molecule has 0 radical (unpaired) electrons. The topological polar surface area (TPSA) is 36.4 Å². The molecule has 0 spiro atoms. The first-order valence-corrected chi connectivity index (χ1v) is 8.59. The van der Waals surface area contributed by atoms with E-state index in [1.807, 2.05) is 12.3 Å². The monoisotopic (exact) mass is 308 g/mol. The Hall–Kier alpha value is -1.71. The second kappa shape index (κ2) is 5.73. The van der Waals surface area contributed by atoms with Gasteiger partial charge in [-0.2, -0.15) is 0 Å². The predicted octanol–water partition coefficient (Wildman–Crippen LogP) is 3.40. The van der Waals surface area contributed by atoms with Crippen molar-refractivity contribution in [2.75, 3.05) is 0 Å². The van der Waals surface area contributed by atoms with Crippen LogP contribution < -0.4 is 0 Å². The van der Waals surface area contributed by atoms with Crippen LogP contribution in [0.4, 0.5) is 0 Å². The van der Waals surface area contributed by atoms with Crippen molar-refractivity contribution in [2.24, 2.45) is 0 Å². The molecule has 2 aromatic rings. The molecule has 120 valence electrons. The minimum absolute atomic E-state index is 0.471. The smallest absolute Gasteiger partial charge is 0.0943 e. The van der Waals surface area contributed by atoms with Gasteiger partial charge in [0.25, 0.3) is 0 Å². The Balaban J connectivity index is 1.57. The summed E-state index contributed by atoms with van der Waals surface area (Å²) in [7, 11) is 0. The molecule has 1 aromatic carbocycles. The standard InChI is InChI=1S/C20H24N2O/c1-15-9-10-21-13-19(15)20(23)11-17-7-8-18(12-20)22(17)14-16-5-3-2-4-6-16/h2-6,9-10,13,17-18,23H,7-8,11-12,14H2,1H3. The van der Waals surface area contributed by atoms with E-state index in [2.05, 4.69) is 47.1 Å². The number of aromatic nitrogens is 1. The van der Waals surface area contributed by atoms with Crippen LogP contribution in [0.25, 0.3) is 0 Å². The van der Waals surface area contributed by atoms with Crippen molar-refractivity contribution in [1.29, 1.82) is 0 Å². The second-order valence-corrected chi connectivity index (χ2v) is 7.17. The van der Waals surface area contributed by atoms with Gasteiger partial charge in [0.15, 0.2) is 0 Å². The first kappa shape index (κ1) is 14.9. The number of nitrogens with zero attached hydrogens (tertiary/aromatic N) is 2. The molecule has 2 aliphatic heterocycles. The summed E-state index contributed by atoms with van der Waals surface area (Å²) >= 11 is 0. The Morgan fingerprint density at radius 1 is 1.13 bits per heavy atom. The molecule has 2 aliphatic rings. The molecule has 4 rings (SSSR count). The Morgan fingerprint density at radius 2 is 1.83 bits per heavy atom. The number of aliphatic hydroxyl groups is 1. The minimum atomic E-state index is -0.711. The van der Waals surface area contributed by atoms with Crippen molar-refractivity contribution < 1.29 is 5.11 Å². The van der Waals surface area contributed by atoms with Gasteiger partial charge in [0.1, 0.15) is 0 Å². The van der Waals surface area contributed by atoms with Gasteiger partial charge >= 0.3 is 0 Å².